The van der Waals surface area contributed by atoms with Gasteiger partial charge in [0.1, 0.15) is 5.75 Å². The molecule has 0 saturated carbocycles. The van der Waals surface area contributed by atoms with E-state index in [0.29, 0.717) is 5.56 Å². The van der Waals surface area contributed by atoms with Crippen molar-refractivity contribution in [2.24, 2.45) is 5.73 Å². The molecule has 0 aromatic heterocycles. The molecule has 92 valence electrons. The van der Waals surface area contributed by atoms with Gasteiger partial charge in [0.2, 0.25) is 0 Å². The molecule has 0 heterocycles. The highest BCUT2D eigenvalue weighted by Gasteiger charge is 2.24. The molecule has 0 amide bonds. The summed E-state index contributed by atoms with van der Waals surface area (Å²) in [4.78, 5) is 11.1. The van der Waals surface area contributed by atoms with E-state index in [-0.39, 0.29) is 12.3 Å². The minimum atomic E-state index is -0.987. The average molecular weight is 235 g/mol. The van der Waals surface area contributed by atoms with Gasteiger partial charge in [-0.1, -0.05) is 12.1 Å². The van der Waals surface area contributed by atoms with Crippen LogP contribution in [0.25, 0.3) is 0 Å². The second-order valence-corrected chi connectivity index (χ2v) is 4.47. The molecule has 0 radical (unpaired) electrons. The second kappa shape index (κ2) is 4.75. The molecular weight excluding hydrogens is 218 g/mol. The zero-order valence-corrected chi connectivity index (χ0v) is 9.65. The van der Waals surface area contributed by atoms with E-state index < -0.39 is 11.9 Å². The lowest BCUT2D eigenvalue weighted by molar-refractivity contribution is -0.138. The molecule has 0 bridgehead atoms. The first-order chi connectivity index (χ1) is 8.15. The molecule has 1 atom stereocenters. The Morgan fingerprint density at radius 2 is 2.06 bits per heavy atom. The lowest BCUT2D eigenvalue weighted by atomic mass is 9.86. The molecular formula is C13H17NO3. The smallest absolute Gasteiger partial charge is 0.312 e. The van der Waals surface area contributed by atoms with Crippen LogP contribution in [0.15, 0.2) is 12.1 Å². The summed E-state index contributed by atoms with van der Waals surface area (Å²) >= 11 is 0. The molecule has 0 spiro atoms. The van der Waals surface area contributed by atoms with Crippen molar-refractivity contribution in [1.29, 1.82) is 0 Å². The maximum atomic E-state index is 11.1. The van der Waals surface area contributed by atoms with Gasteiger partial charge >= 0.3 is 5.97 Å². The van der Waals surface area contributed by atoms with Gasteiger partial charge < -0.3 is 15.9 Å². The van der Waals surface area contributed by atoms with E-state index in [9.17, 15) is 9.90 Å². The number of fused-ring (bicyclic) bond motifs is 1. The van der Waals surface area contributed by atoms with Gasteiger partial charge in [0.15, 0.2) is 0 Å². The molecule has 1 aromatic carbocycles. The van der Waals surface area contributed by atoms with Crippen LogP contribution in [0.3, 0.4) is 0 Å². The quantitative estimate of drug-likeness (QED) is 0.739. The summed E-state index contributed by atoms with van der Waals surface area (Å²) in [7, 11) is 0. The summed E-state index contributed by atoms with van der Waals surface area (Å²) in [5.41, 5.74) is 7.95. The Kier molecular flexibility index (Phi) is 3.33. The van der Waals surface area contributed by atoms with Crippen molar-refractivity contribution < 1.29 is 15.0 Å². The number of phenols is 1. The number of nitrogens with two attached hydrogens (primary N) is 1. The van der Waals surface area contributed by atoms with Crippen LogP contribution in [0.4, 0.5) is 0 Å². The Balaban J connectivity index is 2.45. The molecule has 4 nitrogen and oxygen atoms in total. The van der Waals surface area contributed by atoms with Gasteiger partial charge in [-0.3, -0.25) is 4.79 Å². The molecule has 1 unspecified atom stereocenters. The molecule has 17 heavy (non-hydrogen) atoms. The maximum Gasteiger partial charge on any atom is 0.312 e. The van der Waals surface area contributed by atoms with E-state index in [0.717, 1.165) is 36.8 Å². The number of aryl methyl sites for hydroxylation is 1. The van der Waals surface area contributed by atoms with Gasteiger partial charge in [-0.25, -0.2) is 0 Å². The van der Waals surface area contributed by atoms with Gasteiger partial charge in [-0.05, 0) is 36.8 Å². The summed E-state index contributed by atoms with van der Waals surface area (Å²) in [6, 6.07) is 3.63. The Labute approximate surface area is 100 Å². The van der Waals surface area contributed by atoms with Crippen molar-refractivity contribution in [1.82, 2.24) is 0 Å². The molecule has 1 aliphatic rings. The topological polar surface area (TPSA) is 83.6 Å². The minimum absolute atomic E-state index is 0.00167. The van der Waals surface area contributed by atoms with E-state index in [1.807, 2.05) is 6.07 Å². The van der Waals surface area contributed by atoms with Gasteiger partial charge in [-0.15, -0.1) is 0 Å². The number of hydrogen-bond donors (Lipinski definition) is 3. The highest BCUT2D eigenvalue weighted by atomic mass is 16.4. The largest absolute Gasteiger partial charge is 0.507 e. The summed E-state index contributed by atoms with van der Waals surface area (Å²) in [5, 5.41) is 19.2. The number of rotatable bonds is 3. The molecule has 4 heteroatoms. The number of phenolic OH excluding ortho intramolecular Hbond substituents is 1. The zero-order chi connectivity index (χ0) is 12.4. The summed E-state index contributed by atoms with van der Waals surface area (Å²) in [6.45, 7) is 0.00167. The normalized spacial score (nSPS) is 16.3. The molecule has 1 aliphatic carbocycles. The van der Waals surface area contributed by atoms with Crippen molar-refractivity contribution in [3.63, 3.8) is 0 Å². The Morgan fingerprint density at radius 1 is 1.35 bits per heavy atom. The van der Waals surface area contributed by atoms with Crippen LogP contribution >= 0.6 is 0 Å². The van der Waals surface area contributed by atoms with Gasteiger partial charge in [0.25, 0.3) is 0 Å². The van der Waals surface area contributed by atoms with Crippen LogP contribution in [-0.2, 0) is 17.6 Å². The number of carboxylic acid groups (broad SMARTS) is 1. The molecule has 4 N–H and O–H groups in total. The standard InChI is InChI=1S/C13H17NO3/c14-7-11(13(16)17)10-6-5-8-3-1-2-4-9(8)12(10)15/h5-6,11,15H,1-4,7,14H2,(H,16,17). The van der Waals surface area contributed by atoms with E-state index in [1.165, 1.54) is 0 Å². The van der Waals surface area contributed by atoms with Crippen LogP contribution in [0.2, 0.25) is 0 Å². The summed E-state index contributed by atoms with van der Waals surface area (Å²) in [5.74, 6) is -1.67. The number of hydrogen-bond acceptors (Lipinski definition) is 3. The Morgan fingerprint density at radius 3 is 2.71 bits per heavy atom. The van der Waals surface area contributed by atoms with Gasteiger partial charge in [0.05, 0.1) is 5.92 Å². The predicted molar refractivity (Wildman–Crippen MR) is 64.2 cm³/mol. The fourth-order valence-corrected chi connectivity index (χ4v) is 2.47. The Hall–Kier alpha value is -1.55. The molecule has 2 rings (SSSR count). The van der Waals surface area contributed by atoms with Crippen LogP contribution in [-0.4, -0.2) is 22.7 Å². The number of aromatic hydroxyl groups is 1. The first-order valence-electron chi connectivity index (χ1n) is 5.91. The molecule has 1 aromatic rings. The molecule has 0 saturated heterocycles. The van der Waals surface area contributed by atoms with E-state index in [2.05, 4.69) is 0 Å². The second-order valence-electron chi connectivity index (χ2n) is 4.47. The third-order valence-electron chi connectivity index (χ3n) is 3.44. The van der Waals surface area contributed by atoms with Crippen molar-refractivity contribution in [3.8, 4) is 5.75 Å². The lowest BCUT2D eigenvalue weighted by Gasteiger charge is -2.21. The fraction of sp³-hybridized carbons (Fsp3) is 0.462. The van der Waals surface area contributed by atoms with Crippen LogP contribution in [0.5, 0.6) is 5.75 Å². The maximum absolute atomic E-state index is 11.1. The van der Waals surface area contributed by atoms with E-state index in [4.69, 9.17) is 10.8 Å². The van der Waals surface area contributed by atoms with Crippen molar-refractivity contribution in [3.05, 3.63) is 28.8 Å². The number of benzene rings is 1. The van der Waals surface area contributed by atoms with Crippen LogP contribution in [0, 0.1) is 0 Å². The Bertz CT molecular complexity index is 443. The van der Waals surface area contributed by atoms with Crippen LogP contribution < -0.4 is 5.73 Å². The van der Waals surface area contributed by atoms with Crippen molar-refractivity contribution in [2.75, 3.05) is 6.54 Å². The average Bonchev–Trinajstić information content (AvgIpc) is 2.33. The zero-order valence-electron chi connectivity index (χ0n) is 9.65. The predicted octanol–water partition coefficient (Wildman–Crippen LogP) is 1.40. The van der Waals surface area contributed by atoms with Gasteiger partial charge in [-0.2, -0.15) is 0 Å². The van der Waals surface area contributed by atoms with Gasteiger partial charge in [0, 0.05) is 12.1 Å². The summed E-state index contributed by atoms with van der Waals surface area (Å²) < 4.78 is 0. The SMILES string of the molecule is NCC(C(=O)O)c1ccc2c(c1O)CCCC2. The van der Waals surface area contributed by atoms with Crippen molar-refractivity contribution in [2.45, 2.75) is 31.6 Å². The third-order valence-corrected chi connectivity index (χ3v) is 3.44. The fourth-order valence-electron chi connectivity index (χ4n) is 2.47. The van der Waals surface area contributed by atoms with E-state index in [1.54, 1.807) is 6.07 Å². The highest BCUT2D eigenvalue weighted by molar-refractivity contribution is 5.78. The summed E-state index contributed by atoms with van der Waals surface area (Å²) in [6.07, 6.45) is 3.96. The molecule has 0 aliphatic heterocycles. The van der Waals surface area contributed by atoms with Crippen LogP contribution in [0.1, 0.15) is 35.4 Å². The monoisotopic (exact) mass is 235 g/mol. The third kappa shape index (κ3) is 2.13. The number of aliphatic carboxylic acids is 1. The highest BCUT2D eigenvalue weighted by Crippen LogP contribution is 2.35. The van der Waals surface area contributed by atoms with Crippen molar-refractivity contribution >= 4 is 5.97 Å². The minimum Gasteiger partial charge on any atom is -0.507 e. The first kappa shape index (κ1) is 11.9. The molecule has 0 fully saturated rings. The number of carbonyl (C=O) groups is 1. The van der Waals surface area contributed by atoms with E-state index >= 15 is 0 Å². The lowest BCUT2D eigenvalue weighted by Crippen LogP contribution is -2.21. The number of carboxylic acids is 1. The first-order valence-corrected chi connectivity index (χ1v) is 5.91.